The molecule has 1 aromatic rings. The van der Waals surface area contributed by atoms with E-state index in [2.05, 4.69) is 11.1 Å². The molecule has 1 fully saturated rings. The van der Waals surface area contributed by atoms with Crippen LogP contribution in [0.5, 0.6) is 0 Å². The second kappa shape index (κ2) is 4.01. The number of nitrogens with zero attached hydrogens (tertiary/aromatic N) is 1. The van der Waals surface area contributed by atoms with Crippen LogP contribution >= 0.6 is 11.8 Å². The molecule has 0 saturated carbocycles. The van der Waals surface area contributed by atoms with E-state index in [0.717, 1.165) is 5.69 Å². The van der Waals surface area contributed by atoms with E-state index in [-0.39, 0.29) is 0 Å². The van der Waals surface area contributed by atoms with Crippen LogP contribution < -0.4 is 5.73 Å². The van der Waals surface area contributed by atoms with Gasteiger partial charge < -0.3 is 5.73 Å². The van der Waals surface area contributed by atoms with E-state index in [9.17, 15) is 0 Å². The molecule has 1 saturated heterocycles. The molecule has 2 rings (SSSR count). The van der Waals surface area contributed by atoms with E-state index >= 15 is 0 Å². The summed E-state index contributed by atoms with van der Waals surface area (Å²) in [6.45, 7) is 0. The fraction of sp³-hybridized carbons (Fsp3) is 0.500. The molecule has 2 heterocycles. The minimum absolute atomic E-state index is 0.654. The van der Waals surface area contributed by atoms with E-state index in [1.165, 1.54) is 29.9 Å². The van der Waals surface area contributed by atoms with Gasteiger partial charge in [0, 0.05) is 11.9 Å². The first-order valence-corrected chi connectivity index (χ1v) is 5.80. The molecule has 70 valence electrons. The van der Waals surface area contributed by atoms with Crippen LogP contribution in [0.1, 0.15) is 24.3 Å². The van der Waals surface area contributed by atoms with Crippen molar-refractivity contribution < 1.29 is 0 Å². The third-order valence-corrected chi connectivity index (χ3v) is 3.70. The Morgan fingerprint density at radius 1 is 1.54 bits per heavy atom. The number of pyridine rings is 1. The van der Waals surface area contributed by atoms with Gasteiger partial charge in [0.2, 0.25) is 0 Å². The first-order chi connectivity index (χ1) is 6.38. The van der Waals surface area contributed by atoms with Crippen LogP contribution in [-0.4, -0.2) is 16.5 Å². The van der Waals surface area contributed by atoms with Gasteiger partial charge in [0.25, 0.3) is 0 Å². The summed E-state index contributed by atoms with van der Waals surface area (Å²) in [5.74, 6) is 3.18. The number of anilines is 1. The summed E-state index contributed by atoms with van der Waals surface area (Å²) in [6, 6.07) is 2.06. The Labute approximate surface area is 82.9 Å². The van der Waals surface area contributed by atoms with Crippen molar-refractivity contribution in [3.63, 3.8) is 0 Å². The highest BCUT2D eigenvalue weighted by Crippen LogP contribution is 2.33. The van der Waals surface area contributed by atoms with Crippen molar-refractivity contribution in [1.82, 2.24) is 4.98 Å². The number of thioether (sulfide) groups is 1. The van der Waals surface area contributed by atoms with Crippen LogP contribution in [0.15, 0.2) is 18.5 Å². The van der Waals surface area contributed by atoms with Gasteiger partial charge in [-0.1, -0.05) is 0 Å². The van der Waals surface area contributed by atoms with Gasteiger partial charge in [0.1, 0.15) is 0 Å². The fourth-order valence-corrected chi connectivity index (χ4v) is 2.94. The molecule has 0 amide bonds. The molecule has 1 unspecified atom stereocenters. The van der Waals surface area contributed by atoms with Crippen LogP contribution in [0.2, 0.25) is 0 Å². The lowest BCUT2D eigenvalue weighted by Gasteiger charge is -2.22. The third kappa shape index (κ3) is 1.97. The molecule has 13 heavy (non-hydrogen) atoms. The summed E-state index contributed by atoms with van der Waals surface area (Å²) in [5, 5.41) is 0. The number of nitrogen functional groups attached to an aromatic ring is 1. The van der Waals surface area contributed by atoms with Gasteiger partial charge in [0.15, 0.2) is 0 Å². The maximum absolute atomic E-state index is 5.88. The minimum Gasteiger partial charge on any atom is -0.397 e. The van der Waals surface area contributed by atoms with Crippen molar-refractivity contribution in [3.05, 3.63) is 24.0 Å². The van der Waals surface area contributed by atoms with Gasteiger partial charge >= 0.3 is 0 Å². The van der Waals surface area contributed by atoms with Crippen molar-refractivity contribution in [2.24, 2.45) is 0 Å². The van der Waals surface area contributed by atoms with Gasteiger partial charge in [-0.2, -0.15) is 11.8 Å². The van der Waals surface area contributed by atoms with E-state index < -0.39 is 0 Å². The third-order valence-electron chi connectivity index (χ3n) is 2.49. The molecule has 0 bridgehead atoms. The lowest BCUT2D eigenvalue weighted by molar-refractivity contribution is 0.661. The summed E-state index contributed by atoms with van der Waals surface area (Å²) in [4.78, 5) is 4.01. The standard InChI is InChI=1S/C10H14N2S/c11-10-6-12-4-3-9(10)8-2-1-5-13-7-8/h3-4,6,8H,1-2,5,7,11H2. The van der Waals surface area contributed by atoms with Crippen LogP contribution in [-0.2, 0) is 0 Å². The Balaban J connectivity index is 2.18. The fourth-order valence-electron chi connectivity index (χ4n) is 1.78. The van der Waals surface area contributed by atoms with Gasteiger partial charge in [-0.05, 0) is 36.1 Å². The van der Waals surface area contributed by atoms with E-state index in [1.54, 1.807) is 6.20 Å². The minimum atomic E-state index is 0.654. The maximum atomic E-state index is 5.88. The Hall–Kier alpha value is -0.700. The van der Waals surface area contributed by atoms with E-state index in [0.29, 0.717) is 5.92 Å². The highest BCUT2D eigenvalue weighted by atomic mass is 32.2. The monoisotopic (exact) mass is 194 g/mol. The Morgan fingerprint density at radius 3 is 3.15 bits per heavy atom. The summed E-state index contributed by atoms with van der Waals surface area (Å²) >= 11 is 2.03. The Bertz CT molecular complexity index is 282. The largest absolute Gasteiger partial charge is 0.397 e. The molecule has 3 heteroatoms. The first-order valence-electron chi connectivity index (χ1n) is 4.65. The molecule has 1 aliphatic rings. The van der Waals surface area contributed by atoms with Crippen molar-refractivity contribution in [3.8, 4) is 0 Å². The number of hydrogen-bond acceptors (Lipinski definition) is 3. The van der Waals surface area contributed by atoms with Gasteiger partial charge in [-0.25, -0.2) is 0 Å². The van der Waals surface area contributed by atoms with Crippen molar-refractivity contribution in [1.29, 1.82) is 0 Å². The molecule has 0 spiro atoms. The van der Waals surface area contributed by atoms with Crippen molar-refractivity contribution in [2.75, 3.05) is 17.2 Å². The summed E-state index contributed by atoms with van der Waals surface area (Å²) < 4.78 is 0. The highest BCUT2D eigenvalue weighted by molar-refractivity contribution is 7.99. The SMILES string of the molecule is Nc1cnccc1C1CCCSC1. The molecule has 2 N–H and O–H groups in total. The predicted octanol–water partition coefficient (Wildman–Crippen LogP) is 2.27. The molecular weight excluding hydrogens is 180 g/mol. The average molecular weight is 194 g/mol. The van der Waals surface area contributed by atoms with E-state index in [1.807, 2.05) is 18.0 Å². The zero-order chi connectivity index (χ0) is 9.10. The zero-order valence-corrected chi connectivity index (χ0v) is 8.39. The molecule has 2 nitrogen and oxygen atoms in total. The van der Waals surface area contributed by atoms with Crippen molar-refractivity contribution >= 4 is 17.4 Å². The summed E-state index contributed by atoms with van der Waals surface area (Å²) in [6.07, 6.45) is 6.19. The predicted molar refractivity (Wildman–Crippen MR) is 57.9 cm³/mol. The van der Waals surface area contributed by atoms with Crippen LogP contribution in [0, 0.1) is 0 Å². The topological polar surface area (TPSA) is 38.9 Å². The molecule has 1 aliphatic heterocycles. The van der Waals surface area contributed by atoms with Crippen molar-refractivity contribution in [2.45, 2.75) is 18.8 Å². The van der Waals surface area contributed by atoms with Crippen LogP contribution in [0.4, 0.5) is 5.69 Å². The Kier molecular flexibility index (Phi) is 2.74. The maximum Gasteiger partial charge on any atom is 0.0536 e. The number of hydrogen-bond donors (Lipinski definition) is 1. The second-order valence-electron chi connectivity index (χ2n) is 3.42. The molecule has 0 aliphatic carbocycles. The highest BCUT2D eigenvalue weighted by Gasteiger charge is 2.17. The lowest BCUT2D eigenvalue weighted by atomic mass is 9.96. The number of aromatic nitrogens is 1. The molecule has 0 aromatic carbocycles. The van der Waals surface area contributed by atoms with E-state index in [4.69, 9.17) is 5.73 Å². The molecular formula is C10H14N2S. The molecule has 0 radical (unpaired) electrons. The second-order valence-corrected chi connectivity index (χ2v) is 4.57. The quantitative estimate of drug-likeness (QED) is 0.745. The van der Waals surface area contributed by atoms with Crippen LogP contribution in [0.25, 0.3) is 0 Å². The molecule has 1 aromatic heterocycles. The molecule has 1 atom stereocenters. The summed E-state index contributed by atoms with van der Waals surface area (Å²) in [5.41, 5.74) is 8.03. The number of nitrogens with two attached hydrogens (primary N) is 1. The van der Waals surface area contributed by atoms with Gasteiger partial charge in [-0.3, -0.25) is 4.98 Å². The van der Waals surface area contributed by atoms with Gasteiger partial charge in [-0.15, -0.1) is 0 Å². The summed E-state index contributed by atoms with van der Waals surface area (Å²) in [7, 11) is 0. The zero-order valence-electron chi connectivity index (χ0n) is 7.57. The Morgan fingerprint density at radius 2 is 2.46 bits per heavy atom. The van der Waals surface area contributed by atoms with Gasteiger partial charge in [0.05, 0.1) is 11.9 Å². The first kappa shape index (κ1) is 8.88. The smallest absolute Gasteiger partial charge is 0.0536 e. The number of rotatable bonds is 1. The normalized spacial score (nSPS) is 22.9. The average Bonchev–Trinajstić information content (AvgIpc) is 2.20. The van der Waals surface area contributed by atoms with Crippen LogP contribution in [0.3, 0.4) is 0 Å². The lowest BCUT2D eigenvalue weighted by Crippen LogP contribution is -2.10.